The van der Waals surface area contributed by atoms with Crippen LogP contribution in [0.3, 0.4) is 0 Å². The molecule has 2 N–H and O–H groups in total. The quantitative estimate of drug-likeness (QED) is 0.894. The summed E-state index contributed by atoms with van der Waals surface area (Å²) in [5.41, 5.74) is 0.0474. The van der Waals surface area contributed by atoms with Crippen molar-refractivity contribution in [1.29, 1.82) is 0 Å². The van der Waals surface area contributed by atoms with Gasteiger partial charge < -0.3 is 10.4 Å². The van der Waals surface area contributed by atoms with Gasteiger partial charge in [-0.25, -0.2) is 9.78 Å². The maximum Gasteiger partial charge on any atom is 0.355 e. The van der Waals surface area contributed by atoms with Gasteiger partial charge in [-0.3, -0.25) is 4.79 Å². The lowest BCUT2D eigenvalue weighted by Gasteiger charge is -2.11. The molecule has 2 aliphatic rings. The minimum Gasteiger partial charge on any atom is -0.476 e. The third-order valence-electron chi connectivity index (χ3n) is 4.43. The fourth-order valence-electron chi connectivity index (χ4n) is 3.34. The summed E-state index contributed by atoms with van der Waals surface area (Å²) in [7, 11) is 0. The number of hydrogen-bond acceptors (Lipinski definition) is 4. The molecule has 5 nitrogen and oxygen atoms in total. The van der Waals surface area contributed by atoms with Gasteiger partial charge in [-0.05, 0) is 31.6 Å². The van der Waals surface area contributed by atoms with Gasteiger partial charge in [-0.1, -0.05) is 12.8 Å². The number of nitrogens with one attached hydrogen (secondary N) is 1. The van der Waals surface area contributed by atoms with E-state index in [4.69, 9.17) is 5.11 Å². The lowest BCUT2D eigenvalue weighted by molar-refractivity contribution is -0.123. The highest BCUT2D eigenvalue weighted by Gasteiger charge is 2.54. The van der Waals surface area contributed by atoms with E-state index in [-0.39, 0.29) is 23.6 Å². The number of carbonyl (C=O) groups is 2. The molecule has 1 aromatic heterocycles. The number of rotatable bonds is 4. The Morgan fingerprint density at radius 3 is 2.60 bits per heavy atom. The predicted octanol–water partition coefficient (Wildman–Crippen LogP) is 2.45. The monoisotopic (exact) mass is 294 g/mol. The number of carboxylic acid groups (broad SMARTS) is 1. The standard InChI is InChI=1S/C14H18N2O3S/c1-7(13-16-10(6-20-13)14(18)19)15-12(17)11-8-4-2-3-5-9(8)11/h6-9,11H,2-5H2,1H3,(H,15,17)(H,18,19). The maximum atomic E-state index is 12.2. The van der Waals surface area contributed by atoms with Crippen LogP contribution in [0.1, 0.15) is 54.1 Å². The molecule has 0 spiro atoms. The van der Waals surface area contributed by atoms with Crippen LogP contribution in [0.2, 0.25) is 0 Å². The normalized spacial score (nSPS) is 29.4. The van der Waals surface area contributed by atoms with Crippen LogP contribution in [-0.4, -0.2) is 22.0 Å². The zero-order valence-electron chi connectivity index (χ0n) is 11.3. The van der Waals surface area contributed by atoms with Crippen molar-refractivity contribution in [3.8, 4) is 0 Å². The molecular formula is C14H18N2O3S. The van der Waals surface area contributed by atoms with Crippen molar-refractivity contribution in [2.75, 3.05) is 0 Å². The summed E-state index contributed by atoms with van der Waals surface area (Å²) in [6.07, 6.45) is 4.85. The predicted molar refractivity (Wildman–Crippen MR) is 74.6 cm³/mol. The van der Waals surface area contributed by atoms with Crippen LogP contribution in [0.25, 0.3) is 0 Å². The number of aromatic nitrogens is 1. The Balaban J connectivity index is 1.59. The minimum atomic E-state index is -1.03. The molecule has 1 amide bonds. The molecule has 2 fully saturated rings. The zero-order valence-corrected chi connectivity index (χ0v) is 12.2. The first-order valence-corrected chi connectivity index (χ1v) is 7.95. The Labute approximate surface area is 121 Å². The van der Waals surface area contributed by atoms with Crippen molar-refractivity contribution < 1.29 is 14.7 Å². The van der Waals surface area contributed by atoms with E-state index in [1.54, 1.807) is 0 Å². The third kappa shape index (κ3) is 2.44. The number of fused-ring (bicyclic) bond motifs is 1. The second-order valence-corrected chi connectivity index (χ2v) is 6.63. The smallest absolute Gasteiger partial charge is 0.355 e. The highest BCUT2D eigenvalue weighted by Crippen LogP contribution is 2.55. The summed E-state index contributed by atoms with van der Waals surface area (Å²) in [5, 5.41) is 14.0. The zero-order chi connectivity index (χ0) is 14.3. The Bertz CT molecular complexity index is 530. The number of carboxylic acids is 1. The molecule has 0 radical (unpaired) electrons. The molecule has 6 heteroatoms. The van der Waals surface area contributed by atoms with Crippen LogP contribution in [0.5, 0.6) is 0 Å². The Morgan fingerprint density at radius 2 is 2.05 bits per heavy atom. The summed E-state index contributed by atoms with van der Waals surface area (Å²) in [5.74, 6) is 0.434. The average molecular weight is 294 g/mol. The molecule has 20 heavy (non-hydrogen) atoms. The van der Waals surface area contributed by atoms with Crippen molar-refractivity contribution in [2.45, 2.75) is 38.6 Å². The van der Waals surface area contributed by atoms with Crippen LogP contribution in [0, 0.1) is 17.8 Å². The average Bonchev–Trinajstić information content (AvgIpc) is 2.92. The van der Waals surface area contributed by atoms with Crippen molar-refractivity contribution >= 4 is 23.2 Å². The van der Waals surface area contributed by atoms with E-state index in [2.05, 4.69) is 10.3 Å². The fraction of sp³-hybridized carbons (Fsp3) is 0.643. The fourth-order valence-corrected chi connectivity index (χ4v) is 4.14. The van der Waals surface area contributed by atoms with Gasteiger partial charge in [0.25, 0.3) is 0 Å². The molecular weight excluding hydrogens is 276 g/mol. The van der Waals surface area contributed by atoms with E-state index in [0.29, 0.717) is 16.8 Å². The molecule has 1 aromatic rings. The van der Waals surface area contributed by atoms with Crippen molar-refractivity contribution in [3.63, 3.8) is 0 Å². The van der Waals surface area contributed by atoms with Gasteiger partial charge in [0.2, 0.25) is 5.91 Å². The number of hydrogen-bond donors (Lipinski definition) is 2. The number of thiazole rings is 1. The van der Waals surface area contributed by atoms with Crippen molar-refractivity contribution in [3.05, 3.63) is 16.1 Å². The van der Waals surface area contributed by atoms with Crippen LogP contribution in [-0.2, 0) is 4.79 Å². The third-order valence-corrected chi connectivity index (χ3v) is 5.46. The van der Waals surface area contributed by atoms with E-state index in [1.807, 2.05) is 6.92 Å². The van der Waals surface area contributed by atoms with Gasteiger partial charge >= 0.3 is 5.97 Å². The van der Waals surface area contributed by atoms with Crippen LogP contribution in [0.4, 0.5) is 0 Å². The van der Waals surface area contributed by atoms with Crippen LogP contribution < -0.4 is 5.32 Å². The summed E-state index contributed by atoms with van der Waals surface area (Å²) in [4.78, 5) is 27.1. The van der Waals surface area contributed by atoms with Gasteiger partial charge in [0.15, 0.2) is 5.69 Å². The van der Waals surface area contributed by atoms with Gasteiger partial charge in [-0.2, -0.15) is 0 Å². The molecule has 3 unspecified atom stereocenters. The number of nitrogens with zero attached hydrogens (tertiary/aromatic N) is 1. The summed E-state index contributed by atoms with van der Waals surface area (Å²) < 4.78 is 0. The number of carbonyl (C=O) groups excluding carboxylic acids is 1. The van der Waals surface area contributed by atoms with E-state index >= 15 is 0 Å². The van der Waals surface area contributed by atoms with Crippen LogP contribution in [0.15, 0.2) is 5.38 Å². The minimum absolute atomic E-state index is 0.0474. The molecule has 0 aliphatic heterocycles. The Hall–Kier alpha value is -1.43. The topological polar surface area (TPSA) is 79.3 Å². The Kier molecular flexibility index (Phi) is 3.50. The lowest BCUT2D eigenvalue weighted by atomic mass is 10.0. The molecule has 2 saturated carbocycles. The van der Waals surface area contributed by atoms with E-state index in [9.17, 15) is 9.59 Å². The van der Waals surface area contributed by atoms with E-state index in [0.717, 1.165) is 0 Å². The molecule has 108 valence electrons. The summed E-state index contributed by atoms with van der Waals surface area (Å²) in [6, 6.07) is -0.219. The highest BCUT2D eigenvalue weighted by molar-refractivity contribution is 7.09. The number of aromatic carboxylic acids is 1. The lowest BCUT2D eigenvalue weighted by Crippen LogP contribution is -2.29. The second kappa shape index (κ2) is 5.16. The Morgan fingerprint density at radius 1 is 1.40 bits per heavy atom. The molecule has 1 heterocycles. The van der Waals surface area contributed by atoms with E-state index in [1.165, 1.54) is 42.4 Å². The number of amides is 1. The van der Waals surface area contributed by atoms with Gasteiger partial charge in [0, 0.05) is 11.3 Å². The van der Waals surface area contributed by atoms with Crippen LogP contribution >= 0.6 is 11.3 Å². The molecule has 0 saturated heterocycles. The SMILES string of the molecule is CC(NC(=O)C1C2CCCCC21)c1nc(C(=O)O)cs1. The molecule has 0 bridgehead atoms. The first-order valence-electron chi connectivity index (χ1n) is 7.07. The second-order valence-electron chi connectivity index (χ2n) is 5.74. The molecule has 2 aliphatic carbocycles. The molecule has 0 aromatic carbocycles. The molecule has 3 atom stereocenters. The first-order chi connectivity index (χ1) is 9.58. The summed E-state index contributed by atoms with van der Waals surface area (Å²) >= 11 is 1.28. The van der Waals surface area contributed by atoms with Crippen molar-refractivity contribution in [2.24, 2.45) is 17.8 Å². The van der Waals surface area contributed by atoms with Crippen molar-refractivity contribution in [1.82, 2.24) is 10.3 Å². The maximum absolute atomic E-state index is 12.2. The van der Waals surface area contributed by atoms with E-state index < -0.39 is 5.97 Å². The highest BCUT2D eigenvalue weighted by atomic mass is 32.1. The summed E-state index contributed by atoms with van der Waals surface area (Å²) in [6.45, 7) is 1.86. The van der Waals surface area contributed by atoms with Gasteiger partial charge in [0.05, 0.1) is 6.04 Å². The largest absolute Gasteiger partial charge is 0.476 e. The first kappa shape index (κ1) is 13.5. The van der Waals surface area contributed by atoms with Gasteiger partial charge in [-0.15, -0.1) is 11.3 Å². The molecule has 3 rings (SSSR count). The van der Waals surface area contributed by atoms with Gasteiger partial charge in [0.1, 0.15) is 5.01 Å².